The summed E-state index contributed by atoms with van der Waals surface area (Å²) >= 11 is 0. The fraction of sp³-hybridized carbons (Fsp3) is 0.417. The van der Waals surface area contributed by atoms with Crippen molar-refractivity contribution in [3.05, 3.63) is 30.3 Å². The Labute approximate surface area is 90.9 Å². The van der Waals surface area contributed by atoms with Crippen LogP contribution in [0.25, 0.3) is 0 Å². The number of rotatable bonds is 3. The number of hydrogen-bond donors (Lipinski definition) is 1. The number of para-hydroxylation sites is 1. The molecule has 0 radical (unpaired) electrons. The molecule has 0 fully saturated rings. The van der Waals surface area contributed by atoms with Crippen LogP contribution in [0.4, 0.5) is 5.69 Å². The third kappa shape index (κ3) is 2.80. The van der Waals surface area contributed by atoms with Gasteiger partial charge >= 0.3 is 0 Å². The molecule has 0 aliphatic rings. The molecule has 3 heteroatoms. The molecule has 0 aliphatic carbocycles. The molecule has 1 amide bonds. The number of nitrogens with two attached hydrogens (primary N) is 1. The second-order valence-corrected chi connectivity index (χ2v) is 4.00. The summed E-state index contributed by atoms with van der Waals surface area (Å²) in [7, 11) is 1.75. The molecule has 0 heterocycles. The summed E-state index contributed by atoms with van der Waals surface area (Å²) in [6, 6.07) is 9.08. The standard InChI is InChI=1S/C12H18N2O/c1-9(2)11(13)12(15)14(3)10-7-5-4-6-8-10/h4-9,11H,13H2,1-3H3/t11-/m0/s1. The van der Waals surface area contributed by atoms with Gasteiger partial charge in [0.1, 0.15) is 0 Å². The molecule has 3 nitrogen and oxygen atoms in total. The van der Waals surface area contributed by atoms with Crippen LogP contribution in [0.5, 0.6) is 0 Å². The molecular weight excluding hydrogens is 188 g/mol. The minimum Gasteiger partial charge on any atom is -0.320 e. The average molecular weight is 206 g/mol. The number of carbonyl (C=O) groups is 1. The molecule has 1 aromatic carbocycles. The second-order valence-electron chi connectivity index (χ2n) is 4.00. The van der Waals surface area contributed by atoms with Crippen LogP contribution < -0.4 is 10.6 Å². The Balaban J connectivity index is 2.78. The molecular formula is C12H18N2O. The number of likely N-dealkylation sites (N-methyl/N-ethyl adjacent to an activating group) is 1. The van der Waals surface area contributed by atoms with Crippen molar-refractivity contribution in [3.8, 4) is 0 Å². The topological polar surface area (TPSA) is 46.3 Å². The van der Waals surface area contributed by atoms with Gasteiger partial charge in [0.2, 0.25) is 5.91 Å². The van der Waals surface area contributed by atoms with Crippen molar-refractivity contribution in [2.75, 3.05) is 11.9 Å². The maximum absolute atomic E-state index is 11.9. The van der Waals surface area contributed by atoms with Gasteiger partial charge in [-0.2, -0.15) is 0 Å². The van der Waals surface area contributed by atoms with Gasteiger partial charge in [-0.05, 0) is 18.1 Å². The first-order chi connectivity index (χ1) is 7.04. The number of carbonyl (C=O) groups excluding carboxylic acids is 1. The first-order valence-corrected chi connectivity index (χ1v) is 5.12. The summed E-state index contributed by atoms with van der Waals surface area (Å²) in [4.78, 5) is 13.5. The Morgan fingerprint density at radius 2 is 1.80 bits per heavy atom. The van der Waals surface area contributed by atoms with E-state index in [-0.39, 0.29) is 11.8 Å². The maximum Gasteiger partial charge on any atom is 0.243 e. The fourth-order valence-corrected chi connectivity index (χ4v) is 1.29. The highest BCUT2D eigenvalue weighted by atomic mass is 16.2. The van der Waals surface area contributed by atoms with Gasteiger partial charge in [-0.25, -0.2) is 0 Å². The third-order valence-electron chi connectivity index (χ3n) is 2.48. The molecule has 0 saturated carbocycles. The molecule has 0 aromatic heterocycles. The lowest BCUT2D eigenvalue weighted by atomic mass is 10.0. The first kappa shape index (κ1) is 11.7. The average Bonchev–Trinajstić information content (AvgIpc) is 2.27. The molecule has 1 rings (SSSR count). The largest absolute Gasteiger partial charge is 0.320 e. The Kier molecular flexibility index (Phi) is 3.86. The summed E-state index contributed by atoms with van der Waals surface area (Å²) < 4.78 is 0. The Morgan fingerprint density at radius 3 is 2.27 bits per heavy atom. The normalized spacial score (nSPS) is 12.6. The zero-order chi connectivity index (χ0) is 11.4. The predicted octanol–water partition coefficient (Wildman–Crippen LogP) is 1.63. The Bertz CT molecular complexity index is 322. The predicted molar refractivity (Wildman–Crippen MR) is 62.7 cm³/mol. The molecule has 82 valence electrons. The lowest BCUT2D eigenvalue weighted by Gasteiger charge is -2.23. The molecule has 0 bridgehead atoms. The molecule has 0 saturated heterocycles. The van der Waals surface area contributed by atoms with E-state index in [9.17, 15) is 4.79 Å². The minimum atomic E-state index is -0.435. The first-order valence-electron chi connectivity index (χ1n) is 5.12. The van der Waals surface area contributed by atoms with Crippen molar-refractivity contribution >= 4 is 11.6 Å². The molecule has 0 unspecified atom stereocenters. The van der Waals surface area contributed by atoms with Crippen molar-refractivity contribution in [3.63, 3.8) is 0 Å². The van der Waals surface area contributed by atoms with E-state index in [4.69, 9.17) is 5.73 Å². The Hall–Kier alpha value is -1.35. The van der Waals surface area contributed by atoms with E-state index in [0.717, 1.165) is 5.69 Å². The van der Waals surface area contributed by atoms with Crippen molar-refractivity contribution in [1.82, 2.24) is 0 Å². The zero-order valence-electron chi connectivity index (χ0n) is 9.47. The molecule has 0 aliphatic heterocycles. The monoisotopic (exact) mass is 206 g/mol. The number of benzene rings is 1. The van der Waals surface area contributed by atoms with Gasteiger partial charge in [0.15, 0.2) is 0 Å². The van der Waals surface area contributed by atoms with Crippen molar-refractivity contribution in [2.45, 2.75) is 19.9 Å². The van der Waals surface area contributed by atoms with Crippen LogP contribution in [0.2, 0.25) is 0 Å². The third-order valence-corrected chi connectivity index (χ3v) is 2.48. The smallest absolute Gasteiger partial charge is 0.243 e. The van der Waals surface area contributed by atoms with Gasteiger partial charge in [0.05, 0.1) is 6.04 Å². The lowest BCUT2D eigenvalue weighted by Crippen LogP contribution is -2.44. The van der Waals surface area contributed by atoms with Gasteiger partial charge in [-0.1, -0.05) is 32.0 Å². The number of anilines is 1. The van der Waals surface area contributed by atoms with Gasteiger partial charge in [0, 0.05) is 12.7 Å². The van der Waals surface area contributed by atoms with E-state index in [1.807, 2.05) is 44.2 Å². The zero-order valence-corrected chi connectivity index (χ0v) is 9.47. The number of amides is 1. The van der Waals surface area contributed by atoms with E-state index in [1.54, 1.807) is 11.9 Å². The maximum atomic E-state index is 11.9. The molecule has 1 atom stereocenters. The van der Waals surface area contributed by atoms with E-state index >= 15 is 0 Å². The molecule has 1 aromatic rings. The van der Waals surface area contributed by atoms with Crippen LogP contribution in [0.3, 0.4) is 0 Å². The van der Waals surface area contributed by atoms with E-state index in [2.05, 4.69) is 0 Å². The van der Waals surface area contributed by atoms with Crippen LogP contribution in [-0.4, -0.2) is 19.0 Å². The van der Waals surface area contributed by atoms with E-state index in [1.165, 1.54) is 0 Å². The van der Waals surface area contributed by atoms with E-state index in [0.29, 0.717) is 0 Å². The highest BCUT2D eigenvalue weighted by Gasteiger charge is 2.21. The summed E-state index contributed by atoms with van der Waals surface area (Å²) in [5.41, 5.74) is 6.68. The van der Waals surface area contributed by atoms with Crippen LogP contribution in [0, 0.1) is 5.92 Å². The van der Waals surface area contributed by atoms with Crippen LogP contribution >= 0.6 is 0 Å². The lowest BCUT2D eigenvalue weighted by molar-refractivity contribution is -0.120. The minimum absolute atomic E-state index is 0.0452. The molecule has 0 spiro atoms. The summed E-state index contributed by atoms with van der Waals surface area (Å²) in [6.07, 6.45) is 0. The van der Waals surface area contributed by atoms with Crippen molar-refractivity contribution in [2.24, 2.45) is 11.7 Å². The molecule has 15 heavy (non-hydrogen) atoms. The fourth-order valence-electron chi connectivity index (χ4n) is 1.29. The highest BCUT2D eigenvalue weighted by Crippen LogP contribution is 2.13. The van der Waals surface area contributed by atoms with E-state index < -0.39 is 6.04 Å². The highest BCUT2D eigenvalue weighted by molar-refractivity contribution is 5.96. The SMILES string of the molecule is CC(C)[C@H](N)C(=O)N(C)c1ccccc1. The second kappa shape index (κ2) is 4.94. The summed E-state index contributed by atoms with van der Waals surface area (Å²) in [5, 5.41) is 0. The van der Waals surface area contributed by atoms with Crippen LogP contribution in [0.15, 0.2) is 30.3 Å². The van der Waals surface area contributed by atoms with Gasteiger partial charge in [-0.3, -0.25) is 4.79 Å². The van der Waals surface area contributed by atoms with Gasteiger partial charge in [-0.15, -0.1) is 0 Å². The quantitative estimate of drug-likeness (QED) is 0.817. The van der Waals surface area contributed by atoms with Crippen LogP contribution in [-0.2, 0) is 4.79 Å². The number of nitrogens with zero attached hydrogens (tertiary/aromatic N) is 1. The van der Waals surface area contributed by atoms with Crippen molar-refractivity contribution in [1.29, 1.82) is 0 Å². The Morgan fingerprint density at radius 1 is 1.27 bits per heavy atom. The van der Waals surface area contributed by atoms with Gasteiger partial charge in [0.25, 0.3) is 0 Å². The van der Waals surface area contributed by atoms with Crippen molar-refractivity contribution < 1.29 is 4.79 Å². The summed E-state index contributed by atoms with van der Waals surface area (Å²) in [5.74, 6) is 0.111. The number of hydrogen-bond acceptors (Lipinski definition) is 2. The summed E-state index contributed by atoms with van der Waals surface area (Å²) in [6.45, 7) is 3.89. The molecule has 2 N–H and O–H groups in total. The van der Waals surface area contributed by atoms with Gasteiger partial charge < -0.3 is 10.6 Å². The van der Waals surface area contributed by atoms with Crippen LogP contribution in [0.1, 0.15) is 13.8 Å².